The summed E-state index contributed by atoms with van der Waals surface area (Å²) in [6.45, 7) is -0.517. The van der Waals surface area contributed by atoms with Crippen LogP contribution in [0.2, 0.25) is 0 Å². The third-order valence-electron chi connectivity index (χ3n) is 6.31. The average molecular weight is 566 g/mol. The molecule has 6 atom stereocenters. The summed E-state index contributed by atoms with van der Waals surface area (Å²) in [5, 5.41) is 35.3. The average Bonchev–Trinajstić information content (AvgIpc) is 3.17. The van der Waals surface area contributed by atoms with Crippen LogP contribution in [0.3, 0.4) is 0 Å². The van der Waals surface area contributed by atoms with Crippen molar-refractivity contribution in [2.24, 2.45) is 5.92 Å². The standard InChI is InChI=1S/C22H24N5O9PS/c23-16-8-9-26(21(29)25-16)20-18-19(28)15(36-22(18,20)30)12-35-37(33,24-10-13-4-2-1-3-5-13)34-11-14-6-7-17(38-14)27(31)32/h1-9,15,18-20,28,30H,10-12H2,(H,24,33)(H2,23,25,29)/t15-,18?,19?,20+,22?,37?/m1/s1. The Morgan fingerprint density at radius 3 is 2.66 bits per heavy atom. The second-order valence-electron chi connectivity index (χ2n) is 8.80. The highest BCUT2D eigenvalue weighted by molar-refractivity contribution is 7.51. The largest absolute Gasteiger partial charge is 0.406 e. The summed E-state index contributed by atoms with van der Waals surface area (Å²) in [4.78, 5) is 26.7. The number of fused-ring (bicyclic) bond motifs is 1. The van der Waals surface area contributed by atoms with Gasteiger partial charge >= 0.3 is 18.4 Å². The lowest BCUT2D eigenvalue weighted by Crippen LogP contribution is -2.36. The Bertz CT molecular complexity index is 1440. The van der Waals surface area contributed by atoms with Crippen LogP contribution in [-0.2, 0) is 31.5 Å². The number of rotatable bonds is 11. The molecule has 202 valence electrons. The first-order chi connectivity index (χ1) is 18.1. The molecular formula is C22H24N5O9PS. The Hall–Kier alpha value is -3.01. The monoisotopic (exact) mass is 565 g/mol. The summed E-state index contributed by atoms with van der Waals surface area (Å²) >= 11 is 0.879. The number of benzene rings is 1. The van der Waals surface area contributed by atoms with E-state index in [9.17, 15) is 29.7 Å². The molecule has 5 N–H and O–H groups in total. The molecule has 4 unspecified atom stereocenters. The number of nitrogens with two attached hydrogens (primary N) is 1. The molecule has 0 radical (unpaired) electrons. The number of aromatic nitrogens is 2. The SMILES string of the molecule is Nc1ccn([C@H]2C3C(O)[C@@H](COP(=O)(NCc4ccccc4)OCc4ccc([N+](=O)[O-])s4)OC32O)c(=O)n1. The number of nitrogens with zero attached hydrogens (tertiary/aromatic N) is 3. The van der Waals surface area contributed by atoms with Crippen molar-refractivity contribution in [1.82, 2.24) is 14.6 Å². The summed E-state index contributed by atoms with van der Waals surface area (Å²) in [6, 6.07) is 12.4. The Morgan fingerprint density at radius 1 is 1.26 bits per heavy atom. The number of aliphatic hydroxyl groups is 2. The number of thiophene rings is 1. The Morgan fingerprint density at radius 2 is 2.03 bits per heavy atom. The molecule has 2 aliphatic rings. The van der Waals surface area contributed by atoms with Gasteiger partial charge in [-0.3, -0.25) is 23.7 Å². The van der Waals surface area contributed by atoms with Gasteiger partial charge in [0.2, 0.25) is 0 Å². The van der Waals surface area contributed by atoms with E-state index in [2.05, 4.69) is 10.1 Å². The van der Waals surface area contributed by atoms with Gasteiger partial charge in [-0.25, -0.2) is 14.4 Å². The van der Waals surface area contributed by atoms with Crippen molar-refractivity contribution in [1.29, 1.82) is 0 Å². The van der Waals surface area contributed by atoms with Crippen molar-refractivity contribution in [3.05, 3.63) is 85.8 Å². The van der Waals surface area contributed by atoms with Gasteiger partial charge in [0.05, 0.1) is 30.2 Å². The fourth-order valence-electron chi connectivity index (χ4n) is 4.40. The summed E-state index contributed by atoms with van der Waals surface area (Å²) < 4.78 is 31.4. The van der Waals surface area contributed by atoms with Gasteiger partial charge in [0.25, 0.3) is 0 Å². The fourth-order valence-corrected chi connectivity index (χ4v) is 6.51. The van der Waals surface area contributed by atoms with E-state index in [0.29, 0.717) is 4.88 Å². The molecule has 3 heterocycles. The minimum absolute atomic E-state index is 0.0210. The van der Waals surface area contributed by atoms with Crippen LogP contribution in [0.5, 0.6) is 0 Å². The normalized spacial score (nSPS) is 27.5. The molecule has 2 fully saturated rings. The zero-order valence-electron chi connectivity index (χ0n) is 19.7. The van der Waals surface area contributed by atoms with Crippen LogP contribution < -0.4 is 16.5 Å². The lowest BCUT2D eigenvalue weighted by atomic mass is 10.1. The lowest BCUT2D eigenvalue weighted by molar-refractivity contribution is -0.380. The molecule has 14 nitrogen and oxygen atoms in total. The van der Waals surface area contributed by atoms with E-state index in [1.807, 2.05) is 18.2 Å². The highest BCUT2D eigenvalue weighted by atomic mass is 32.1. The molecule has 1 saturated heterocycles. The summed E-state index contributed by atoms with van der Waals surface area (Å²) in [5.74, 6) is -2.66. The van der Waals surface area contributed by atoms with Gasteiger partial charge in [0.15, 0.2) is 5.79 Å². The zero-order valence-corrected chi connectivity index (χ0v) is 21.4. The van der Waals surface area contributed by atoms with Crippen molar-refractivity contribution in [3.8, 4) is 0 Å². The van der Waals surface area contributed by atoms with Gasteiger partial charge < -0.3 is 20.7 Å². The molecule has 16 heteroatoms. The molecule has 2 aromatic heterocycles. The van der Waals surface area contributed by atoms with Crippen LogP contribution in [-0.4, -0.2) is 49.3 Å². The number of nitrogens with one attached hydrogen (secondary N) is 1. The van der Waals surface area contributed by atoms with Crippen molar-refractivity contribution in [3.63, 3.8) is 0 Å². The number of nitrogen functional groups attached to an aromatic ring is 1. The molecule has 1 saturated carbocycles. The minimum Gasteiger partial charge on any atom is -0.390 e. The van der Waals surface area contributed by atoms with E-state index in [1.54, 1.807) is 12.1 Å². The first-order valence-corrected chi connectivity index (χ1v) is 13.8. The number of hydrogen-bond donors (Lipinski definition) is 4. The summed E-state index contributed by atoms with van der Waals surface area (Å²) in [5.41, 5.74) is 5.61. The molecule has 0 amide bonds. The van der Waals surface area contributed by atoms with E-state index in [1.165, 1.54) is 24.4 Å². The van der Waals surface area contributed by atoms with E-state index >= 15 is 0 Å². The Balaban J connectivity index is 1.25. The molecule has 0 spiro atoms. The Kier molecular flexibility index (Phi) is 7.19. The van der Waals surface area contributed by atoms with Crippen LogP contribution in [0, 0.1) is 16.0 Å². The first kappa shape index (κ1) is 26.6. The molecule has 38 heavy (non-hydrogen) atoms. The van der Waals surface area contributed by atoms with E-state index in [0.717, 1.165) is 21.5 Å². The molecule has 1 aromatic carbocycles. The summed E-state index contributed by atoms with van der Waals surface area (Å²) in [7, 11) is -4.02. The number of ether oxygens (including phenoxy) is 1. The molecule has 0 bridgehead atoms. The van der Waals surface area contributed by atoms with Crippen LogP contribution in [0.4, 0.5) is 10.8 Å². The fraction of sp³-hybridized carbons (Fsp3) is 0.364. The highest BCUT2D eigenvalue weighted by Crippen LogP contribution is 2.62. The maximum Gasteiger partial charge on any atom is 0.406 e. The molecule has 5 rings (SSSR count). The second kappa shape index (κ2) is 10.3. The van der Waals surface area contributed by atoms with Gasteiger partial charge in [0.1, 0.15) is 18.0 Å². The van der Waals surface area contributed by atoms with Gasteiger partial charge in [-0.2, -0.15) is 4.98 Å². The van der Waals surface area contributed by atoms with Crippen molar-refractivity contribution >= 4 is 29.9 Å². The Labute approximate surface area is 219 Å². The number of nitro groups is 1. The number of aliphatic hydroxyl groups excluding tert-OH is 1. The van der Waals surface area contributed by atoms with Crippen molar-refractivity contribution < 1.29 is 33.5 Å². The quantitative estimate of drug-likeness (QED) is 0.149. The smallest absolute Gasteiger partial charge is 0.390 e. The first-order valence-electron chi connectivity index (χ1n) is 11.4. The molecule has 3 aromatic rings. The lowest BCUT2D eigenvalue weighted by Gasteiger charge is -2.25. The van der Waals surface area contributed by atoms with Crippen LogP contribution in [0.1, 0.15) is 16.5 Å². The van der Waals surface area contributed by atoms with E-state index in [4.69, 9.17) is 19.5 Å². The van der Waals surface area contributed by atoms with Gasteiger partial charge in [-0.05, 0) is 17.7 Å². The second-order valence-corrected chi connectivity index (χ2v) is 11.8. The van der Waals surface area contributed by atoms with Gasteiger partial charge in [0, 0.05) is 23.7 Å². The van der Waals surface area contributed by atoms with E-state index in [-0.39, 0.29) is 24.0 Å². The van der Waals surface area contributed by atoms with Crippen LogP contribution in [0.25, 0.3) is 0 Å². The predicted octanol–water partition coefficient (Wildman–Crippen LogP) is 1.55. The summed E-state index contributed by atoms with van der Waals surface area (Å²) in [6.07, 6.45) is -0.966. The molecule has 1 aliphatic heterocycles. The predicted molar refractivity (Wildman–Crippen MR) is 134 cm³/mol. The third-order valence-corrected chi connectivity index (χ3v) is 8.82. The van der Waals surface area contributed by atoms with Gasteiger partial charge in [-0.15, -0.1) is 0 Å². The maximum absolute atomic E-state index is 13.5. The maximum atomic E-state index is 13.5. The van der Waals surface area contributed by atoms with Gasteiger partial charge in [-0.1, -0.05) is 41.7 Å². The number of hydrogen-bond acceptors (Lipinski definition) is 12. The van der Waals surface area contributed by atoms with Crippen LogP contribution >= 0.6 is 19.1 Å². The highest BCUT2D eigenvalue weighted by Gasteiger charge is 2.76. The van der Waals surface area contributed by atoms with E-state index < -0.39 is 54.9 Å². The molecular weight excluding hydrogens is 541 g/mol. The molecule has 1 aliphatic carbocycles. The number of anilines is 1. The minimum atomic E-state index is -4.02. The van der Waals surface area contributed by atoms with Crippen molar-refractivity contribution in [2.75, 3.05) is 12.3 Å². The van der Waals surface area contributed by atoms with Crippen LogP contribution in [0.15, 0.2) is 59.5 Å². The zero-order chi connectivity index (χ0) is 27.1. The third kappa shape index (κ3) is 5.28. The van der Waals surface area contributed by atoms with Crippen molar-refractivity contribution in [2.45, 2.75) is 37.2 Å². The topological polar surface area (TPSA) is 201 Å².